The maximum Gasteiger partial charge on any atom is 0.325 e. The molecule has 3 amide bonds. The first-order valence-corrected chi connectivity index (χ1v) is 10.4. The van der Waals surface area contributed by atoms with Gasteiger partial charge in [-0.05, 0) is 18.1 Å². The number of rotatable bonds is 7. The highest BCUT2D eigenvalue weighted by Gasteiger charge is 2.51. The second-order valence-corrected chi connectivity index (χ2v) is 7.77. The van der Waals surface area contributed by atoms with Crippen molar-refractivity contribution < 1.29 is 9.59 Å². The van der Waals surface area contributed by atoms with Gasteiger partial charge in [0.2, 0.25) is 0 Å². The standard InChI is InChI=1S/C21H21N5O2S/c1-2-3-10-21(15-8-5-4-6-9-15)19(27)26(20(28)25-21)13-16-14-29-18(24-16)17-22-11-7-12-23-17/h4-9,11-12,14H,2-3,10,13H2,1H3,(H,25,28). The van der Waals surface area contributed by atoms with E-state index in [1.54, 1.807) is 18.5 Å². The molecule has 2 aromatic heterocycles. The minimum absolute atomic E-state index is 0.120. The van der Waals surface area contributed by atoms with Crippen LogP contribution in [0.5, 0.6) is 0 Å². The van der Waals surface area contributed by atoms with E-state index in [-0.39, 0.29) is 18.5 Å². The SMILES string of the molecule is CCCCC1(c2ccccc2)NC(=O)N(Cc2csc(-c3ncccn3)n2)C1=O. The Kier molecular flexibility index (Phi) is 5.35. The fourth-order valence-electron chi connectivity index (χ4n) is 3.50. The number of thiazole rings is 1. The number of nitrogens with one attached hydrogen (secondary N) is 1. The van der Waals surface area contributed by atoms with Crippen LogP contribution in [0.2, 0.25) is 0 Å². The molecule has 29 heavy (non-hydrogen) atoms. The average molecular weight is 407 g/mol. The van der Waals surface area contributed by atoms with Crippen molar-refractivity contribution in [2.45, 2.75) is 38.3 Å². The number of imide groups is 1. The van der Waals surface area contributed by atoms with Gasteiger partial charge in [-0.3, -0.25) is 9.69 Å². The molecule has 3 heterocycles. The molecule has 3 aromatic rings. The molecular formula is C21H21N5O2S. The summed E-state index contributed by atoms with van der Waals surface area (Å²) in [5.41, 5.74) is 0.432. The molecule has 7 nitrogen and oxygen atoms in total. The van der Waals surface area contributed by atoms with Crippen LogP contribution in [0.1, 0.15) is 37.4 Å². The third-order valence-corrected chi connectivity index (χ3v) is 5.86. The van der Waals surface area contributed by atoms with Gasteiger partial charge in [-0.25, -0.2) is 19.7 Å². The summed E-state index contributed by atoms with van der Waals surface area (Å²) in [6, 6.07) is 10.8. The van der Waals surface area contributed by atoms with Crippen LogP contribution in [0.25, 0.3) is 10.8 Å². The molecule has 1 aliphatic rings. The number of urea groups is 1. The molecule has 8 heteroatoms. The van der Waals surface area contributed by atoms with Gasteiger partial charge >= 0.3 is 6.03 Å². The Morgan fingerprint density at radius 3 is 2.59 bits per heavy atom. The van der Waals surface area contributed by atoms with E-state index in [0.29, 0.717) is 22.9 Å². The number of carbonyl (C=O) groups is 2. The Morgan fingerprint density at radius 1 is 1.10 bits per heavy atom. The Hall–Kier alpha value is -3.13. The third-order valence-electron chi connectivity index (χ3n) is 4.98. The fraction of sp³-hybridized carbons (Fsp3) is 0.286. The van der Waals surface area contributed by atoms with Crippen LogP contribution in [0, 0.1) is 0 Å². The molecule has 0 bridgehead atoms. The fourth-order valence-corrected chi connectivity index (χ4v) is 4.25. The maximum atomic E-state index is 13.4. The number of amides is 3. The topological polar surface area (TPSA) is 88.1 Å². The van der Waals surface area contributed by atoms with Crippen molar-refractivity contribution in [3.8, 4) is 10.8 Å². The number of benzene rings is 1. The van der Waals surface area contributed by atoms with E-state index in [0.717, 1.165) is 18.4 Å². The molecule has 1 aliphatic heterocycles. The van der Waals surface area contributed by atoms with Crippen LogP contribution in [0.3, 0.4) is 0 Å². The Labute approximate surface area is 172 Å². The number of carbonyl (C=O) groups excluding carboxylic acids is 2. The molecule has 148 valence electrons. The summed E-state index contributed by atoms with van der Waals surface area (Å²) in [7, 11) is 0. The molecule has 0 aliphatic carbocycles. The summed E-state index contributed by atoms with van der Waals surface area (Å²) in [5.74, 6) is 0.301. The zero-order valence-corrected chi connectivity index (χ0v) is 16.9. The summed E-state index contributed by atoms with van der Waals surface area (Å²) < 4.78 is 0. The lowest BCUT2D eigenvalue weighted by Gasteiger charge is -2.27. The van der Waals surface area contributed by atoms with Gasteiger partial charge in [0.25, 0.3) is 5.91 Å². The number of unbranched alkanes of at least 4 members (excludes halogenated alkanes) is 1. The Morgan fingerprint density at radius 2 is 1.86 bits per heavy atom. The second-order valence-electron chi connectivity index (χ2n) is 6.91. The van der Waals surface area contributed by atoms with Gasteiger partial charge < -0.3 is 5.32 Å². The lowest BCUT2D eigenvalue weighted by molar-refractivity contribution is -0.132. The molecule has 4 rings (SSSR count). The van der Waals surface area contributed by atoms with E-state index in [4.69, 9.17) is 0 Å². The van der Waals surface area contributed by atoms with E-state index in [2.05, 4.69) is 27.2 Å². The van der Waals surface area contributed by atoms with Gasteiger partial charge in [0.05, 0.1) is 12.2 Å². The largest absolute Gasteiger partial charge is 0.325 e. The van der Waals surface area contributed by atoms with Crippen molar-refractivity contribution in [2.75, 3.05) is 0 Å². The van der Waals surface area contributed by atoms with Gasteiger partial charge in [0.15, 0.2) is 10.8 Å². The van der Waals surface area contributed by atoms with Crippen LogP contribution < -0.4 is 5.32 Å². The summed E-state index contributed by atoms with van der Waals surface area (Å²) in [6.45, 7) is 2.19. The molecule has 1 fully saturated rings. The van der Waals surface area contributed by atoms with Crippen LogP contribution in [-0.2, 0) is 16.9 Å². The zero-order chi connectivity index (χ0) is 20.3. The summed E-state index contributed by atoms with van der Waals surface area (Å²) in [5, 5.41) is 5.46. The predicted molar refractivity (Wildman–Crippen MR) is 110 cm³/mol. The van der Waals surface area contributed by atoms with Gasteiger partial charge in [-0.15, -0.1) is 11.3 Å². The van der Waals surface area contributed by atoms with Crippen molar-refractivity contribution in [3.05, 3.63) is 65.4 Å². The number of aromatic nitrogens is 3. The maximum absolute atomic E-state index is 13.4. The van der Waals surface area contributed by atoms with Gasteiger partial charge in [-0.2, -0.15) is 0 Å². The lowest BCUT2D eigenvalue weighted by atomic mass is 9.85. The minimum Gasteiger partial charge on any atom is -0.319 e. The van der Waals surface area contributed by atoms with Crippen molar-refractivity contribution in [1.29, 1.82) is 0 Å². The van der Waals surface area contributed by atoms with E-state index in [1.807, 2.05) is 35.7 Å². The minimum atomic E-state index is -1.02. The van der Waals surface area contributed by atoms with Crippen LogP contribution in [0.4, 0.5) is 4.79 Å². The lowest BCUT2D eigenvalue weighted by Crippen LogP contribution is -2.44. The summed E-state index contributed by atoms with van der Waals surface area (Å²) in [6.07, 6.45) is 5.64. The molecule has 0 spiro atoms. The highest BCUT2D eigenvalue weighted by atomic mass is 32.1. The summed E-state index contributed by atoms with van der Waals surface area (Å²) >= 11 is 1.39. The molecule has 1 N–H and O–H groups in total. The third kappa shape index (κ3) is 3.63. The number of hydrogen-bond donors (Lipinski definition) is 1. The first-order chi connectivity index (χ1) is 14.1. The molecule has 1 saturated heterocycles. The first-order valence-electron chi connectivity index (χ1n) is 9.55. The van der Waals surface area contributed by atoms with Crippen molar-refractivity contribution in [3.63, 3.8) is 0 Å². The highest BCUT2D eigenvalue weighted by molar-refractivity contribution is 7.13. The molecular weight excluding hydrogens is 386 g/mol. The summed E-state index contributed by atoms with van der Waals surface area (Å²) in [4.78, 5) is 40.3. The van der Waals surface area contributed by atoms with Crippen LogP contribution >= 0.6 is 11.3 Å². The number of nitrogens with zero attached hydrogens (tertiary/aromatic N) is 4. The normalized spacial score (nSPS) is 18.9. The monoisotopic (exact) mass is 407 g/mol. The first kappa shape index (κ1) is 19.2. The predicted octanol–water partition coefficient (Wildman–Crippen LogP) is 3.74. The van der Waals surface area contributed by atoms with E-state index in [1.165, 1.54) is 16.2 Å². The second kappa shape index (κ2) is 8.08. The average Bonchev–Trinajstić information content (AvgIpc) is 3.33. The van der Waals surface area contributed by atoms with Crippen molar-refractivity contribution in [2.24, 2.45) is 0 Å². The van der Waals surface area contributed by atoms with E-state index < -0.39 is 5.54 Å². The van der Waals surface area contributed by atoms with Gasteiger partial charge in [0.1, 0.15) is 5.54 Å². The molecule has 1 aromatic carbocycles. The molecule has 0 radical (unpaired) electrons. The van der Waals surface area contributed by atoms with E-state index >= 15 is 0 Å². The smallest absolute Gasteiger partial charge is 0.319 e. The van der Waals surface area contributed by atoms with Gasteiger partial charge in [-0.1, -0.05) is 50.1 Å². The Balaban J connectivity index is 1.60. The van der Waals surface area contributed by atoms with E-state index in [9.17, 15) is 9.59 Å². The van der Waals surface area contributed by atoms with Crippen molar-refractivity contribution in [1.82, 2.24) is 25.2 Å². The molecule has 1 atom stereocenters. The zero-order valence-electron chi connectivity index (χ0n) is 16.0. The van der Waals surface area contributed by atoms with Gasteiger partial charge in [0, 0.05) is 17.8 Å². The molecule has 1 unspecified atom stereocenters. The molecule has 0 saturated carbocycles. The van der Waals surface area contributed by atoms with Crippen LogP contribution in [-0.4, -0.2) is 31.8 Å². The van der Waals surface area contributed by atoms with Crippen LogP contribution in [0.15, 0.2) is 54.2 Å². The quantitative estimate of drug-likeness (QED) is 0.603. The Bertz CT molecular complexity index is 1010. The highest BCUT2D eigenvalue weighted by Crippen LogP contribution is 2.35. The number of hydrogen-bond acceptors (Lipinski definition) is 6. The van der Waals surface area contributed by atoms with Crippen molar-refractivity contribution >= 4 is 23.3 Å².